The molecule has 1 aliphatic heterocycles. The zero-order valence-corrected chi connectivity index (χ0v) is 11.9. The minimum Gasteiger partial charge on any atom is -0.478 e. The predicted octanol–water partition coefficient (Wildman–Crippen LogP) is 1.40. The lowest BCUT2D eigenvalue weighted by atomic mass is 10.1. The van der Waals surface area contributed by atoms with Crippen LogP contribution >= 0.6 is 0 Å². The molecule has 0 aromatic rings. The molecule has 5 heteroatoms. The van der Waals surface area contributed by atoms with Gasteiger partial charge in [0.15, 0.2) is 0 Å². The molecular weight excluding hydrogens is 244 g/mol. The molecule has 0 radical (unpaired) electrons. The molecule has 1 amide bonds. The van der Waals surface area contributed by atoms with E-state index in [-0.39, 0.29) is 17.1 Å². The van der Waals surface area contributed by atoms with Crippen LogP contribution in [0.1, 0.15) is 39.5 Å². The Bertz CT molecular complexity index is 358. The van der Waals surface area contributed by atoms with E-state index in [1.165, 1.54) is 26.2 Å². The number of nitrogens with one attached hydrogen (secondary N) is 1. The highest BCUT2D eigenvalue weighted by molar-refractivity contribution is 6.01. The lowest BCUT2D eigenvalue weighted by molar-refractivity contribution is -0.133. The first kappa shape index (κ1) is 15.7. The quantitative estimate of drug-likeness (QED) is 0.564. The first-order valence-corrected chi connectivity index (χ1v) is 6.93. The Kier molecular flexibility index (Phi) is 6.56. The number of carboxylic acids is 1. The molecule has 0 aromatic heterocycles. The van der Waals surface area contributed by atoms with Gasteiger partial charge in [-0.3, -0.25) is 4.79 Å². The lowest BCUT2D eigenvalue weighted by Gasteiger charge is -2.26. The van der Waals surface area contributed by atoms with E-state index in [9.17, 15) is 9.59 Å². The molecule has 0 spiro atoms. The number of amides is 1. The number of carbonyl (C=O) groups is 2. The van der Waals surface area contributed by atoms with Crippen LogP contribution in [0.2, 0.25) is 0 Å². The van der Waals surface area contributed by atoms with Crippen molar-refractivity contribution in [1.29, 1.82) is 0 Å². The summed E-state index contributed by atoms with van der Waals surface area (Å²) in [5.74, 6) is -1.32. The summed E-state index contributed by atoms with van der Waals surface area (Å²) in [7, 11) is 0. The van der Waals surface area contributed by atoms with Gasteiger partial charge in [0.2, 0.25) is 5.91 Å². The van der Waals surface area contributed by atoms with E-state index in [4.69, 9.17) is 5.11 Å². The molecule has 0 unspecified atom stereocenters. The third kappa shape index (κ3) is 5.42. The molecular formula is C14H24N2O3. The molecule has 0 aliphatic carbocycles. The number of carboxylic acid groups (broad SMARTS) is 1. The number of hydrogen-bond donors (Lipinski definition) is 2. The van der Waals surface area contributed by atoms with Crippen LogP contribution in [0.4, 0.5) is 0 Å². The van der Waals surface area contributed by atoms with Crippen LogP contribution in [-0.4, -0.2) is 48.1 Å². The Morgan fingerprint density at radius 2 is 1.74 bits per heavy atom. The van der Waals surface area contributed by atoms with Gasteiger partial charge in [0.25, 0.3) is 0 Å². The van der Waals surface area contributed by atoms with Crippen molar-refractivity contribution in [3.63, 3.8) is 0 Å². The molecule has 2 N–H and O–H groups in total. The molecule has 1 heterocycles. The highest BCUT2D eigenvalue weighted by atomic mass is 16.4. The standard InChI is InChI=1S/C14H24N2O3/c1-11(12(2)14(18)19)13(17)15-7-6-10-16-8-4-3-5-9-16/h3-10H2,1-2H3,(H,15,17)(H,18,19). The minimum atomic E-state index is -1.04. The van der Waals surface area contributed by atoms with Gasteiger partial charge < -0.3 is 15.3 Å². The van der Waals surface area contributed by atoms with Gasteiger partial charge in [0, 0.05) is 17.7 Å². The Hall–Kier alpha value is -1.36. The van der Waals surface area contributed by atoms with E-state index in [2.05, 4.69) is 10.2 Å². The SMILES string of the molecule is CC(C(=O)O)=C(C)C(=O)NCCCN1CCCCC1. The molecule has 108 valence electrons. The van der Waals surface area contributed by atoms with Crippen LogP contribution in [0.25, 0.3) is 0 Å². The van der Waals surface area contributed by atoms with Gasteiger partial charge in [-0.1, -0.05) is 6.42 Å². The Labute approximate surface area is 114 Å². The first-order chi connectivity index (χ1) is 9.02. The van der Waals surface area contributed by atoms with Gasteiger partial charge in [-0.2, -0.15) is 0 Å². The van der Waals surface area contributed by atoms with Crippen molar-refractivity contribution in [1.82, 2.24) is 10.2 Å². The van der Waals surface area contributed by atoms with Gasteiger partial charge in [0.1, 0.15) is 0 Å². The molecule has 0 aromatic carbocycles. The monoisotopic (exact) mass is 268 g/mol. The molecule has 1 fully saturated rings. The second kappa shape index (κ2) is 7.94. The summed E-state index contributed by atoms with van der Waals surface area (Å²) in [5.41, 5.74) is 0.388. The number of hydrogen-bond acceptors (Lipinski definition) is 3. The molecule has 1 aliphatic rings. The van der Waals surface area contributed by atoms with E-state index >= 15 is 0 Å². The Morgan fingerprint density at radius 3 is 2.32 bits per heavy atom. The van der Waals surface area contributed by atoms with Gasteiger partial charge >= 0.3 is 5.97 Å². The van der Waals surface area contributed by atoms with Crippen molar-refractivity contribution in [3.8, 4) is 0 Å². The van der Waals surface area contributed by atoms with Crippen LogP contribution < -0.4 is 5.32 Å². The number of nitrogens with zero attached hydrogens (tertiary/aromatic N) is 1. The first-order valence-electron chi connectivity index (χ1n) is 6.93. The highest BCUT2D eigenvalue weighted by Gasteiger charge is 2.12. The summed E-state index contributed by atoms with van der Waals surface area (Å²) in [6.07, 6.45) is 4.77. The number of carbonyl (C=O) groups excluding carboxylic acids is 1. The maximum absolute atomic E-state index is 11.7. The molecule has 0 bridgehead atoms. The molecule has 1 rings (SSSR count). The van der Waals surface area contributed by atoms with Crippen LogP contribution in [0, 0.1) is 0 Å². The van der Waals surface area contributed by atoms with Crippen LogP contribution in [0.5, 0.6) is 0 Å². The van der Waals surface area contributed by atoms with E-state index in [0.29, 0.717) is 6.54 Å². The van der Waals surface area contributed by atoms with Crippen LogP contribution in [0.3, 0.4) is 0 Å². The normalized spacial score (nSPS) is 17.8. The highest BCUT2D eigenvalue weighted by Crippen LogP contribution is 2.08. The summed E-state index contributed by atoms with van der Waals surface area (Å²) in [6, 6.07) is 0. The summed E-state index contributed by atoms with van der Waals surface area (Å²) >= 11 is 0. The topological polar surface area (TPSA) is 69.6 Å². The Morgan fingerprint density at radius 1 is 1.11 bits per heavy atom. The van der Waals surface area contributed by atoms with Crippen LogP contribution in [0.15, 0.2) is 11.1 Å². The predicted molar refractivity (Wildman–Crippen MR) is 73.9 cm³/mol. The summed E-state index contributed by atoms with van der Waals surface area (Å²) < 4.78 is 0. The van der Waals surface area contributed by atoms with E-state index in [1.54, 1.807) is 6.92 Å². The van der Waals surface area contributed by atoms with E-state index in [1.807, 2.05) is 0 Å². The zero-order valence-electron chi connectivity index (χ0n) is 11.9. The second-order valence-corrected chi connectivity index (χ2v) is 5.07. The van der Waals surface area contributed by atoms with Gasteiger partial charge in [-0.05, 0) is 52.7 Å². The summed E-state index contributed by atoms with van der Waals surface area (Å²) in [4.78, 5) is 24.8. The van der Waals surface area contributed by atoms with Crippen molar-refractivity contribution in [2.45, 2.75) is 39.5 Å². The molecule has 5 nitrogen and oxygen atoms in total. The average molecular weight is 268 g/mol. The molecule has 1 saturated heterocycles. The van der Waals surface area contributed by atoms with Crippen molar-refractivity contribution < 1.29 is 14.7 Å². The fraction of sp³-hybridized carbons (Fsp3) is 0.714. The molecule has 0 saturated carbocycles. The number of piperidine rings is 1. The number of rotatable bonds is 6. The third-order valence-electron chi connectivity index (χ3n) is 3.61. The fourth-order valence-electron chi connectivity index (χ4n) is 2.15. The van der Waals surface area contributed by atoms with E-state index < -0.39 is 5.97 Å². The average Bonchev–Trinajstić information content (AvgIpc) is 2.42. The van der Waals surface area contributed by atoms with Gasteiger partial charge in [0.05, 0.1) is 0 Å². The van der Waals surface area contributed by atoms with Crippen molar-refractivity contribution >= 4 is 11.9 Å². The largest absolute Gasteiger partial charge is 0.478 e. The van der Waals surface area contributed by atoms with E-state index in [0.717, 1.165) is 26.1 Å². The van der Waals surface area contributed by atoms with Gasteiger partial charge in [-0.25, -0.2) is 4.79 Å². The Balaban J connectivity index is 2.23. The molecule has 19 heavy (non-hydrogen) atoms. The van der Waals surface area contributed by atoms with Crippen molar-refractivity contribution in [2.75, 3.05) is 26.2 Å². The lowest BCUT2D eigenvalue weighted by Crippen LogP contribution is -2.33. The smallest absolute Gasteiger partial charge is 0.331 e. The minimum absolute atomic E-state index is 0.105. The maximum atomic E-state index is 11.7. The maximum Gasteiger partial charge on any atom is 0.331 e. The number of aliphatic carboxylic acids is 1. The number of likely N-dealkylation sites (tertiary alicyclic amines) is 1. The fourth-order valence-corrected chi connectivity index (χ4v) is 2.15. The third-order valence-corrected chi connectivity index (χ3v) is 3.61. The van der Waals surface area contributed by atoms with Crippen molar-refractivity contribution in [2.24, 2.45) is 0 Å². The molecule has 0 atom stereocenters. The zero-order chi connectivity index (χ0) is 14.3. The summed E-state index contributed by atoms with van der Waals surface area (Å²) in [6.45, 7) is 6.91. The van der Waals surface area contributed by atoms with Crippen molar-refractivity contribution in [3.05, 3.63) is 11.1 Å². The van der Waals surface area contributed by atoms with Gasteiger partial charge in [-0.15, -0.1) is 0 Å². The summed E-state index contributed by atoms with van der Waals surface area (Å²) in [5, 5.41) is 11.6. The van der Waals surface area contributed by atoms with Crippen LogP contribution in [-0.2, 0) is 9.59 Å². The second-order valence-electron chi connectivity index (χ2n) is 5.07.